The summed E-state index contributed by atoms with van der Waals surface area (Å²) in [5.74, 6) is -1.59. The predicted octanol–water partition coefficient (Wildman–Crippen LogP) is 4.65. The summed E-state index contributed by atoms with van der Waals surface area (Å²) in [5.41, 5.74) is 2.39. The van der Waals surface area contributed by atoms with Crippen LogP contribution in [0.5, 0.6) is 0 Å². The third-order valence-electron chi connectivity index (χ3n) is 6.85. The standard InChI is InChI=1S/C25H35F3N6O/c1-2-18(26)14-30-24-31-15-21(23(33-24)32-19-4-6-20(35)7-5-19)22-8-3-17(13-29-22)16-34-11-9-25(27,28)10-12-34/h3,8,13,15,18-20,35H,2,4-7,9-12,14,16H2,1H3,(H2,30,31,32,33)/t18-,19-,20-/m0/s1. The number of aliphatic hydroxyl groups is 1. The summed E-state index contributed by atoms with van der Waals surface area (Å²) in [6, 6.07) is 4.02. The summed E-state index contributed by atoms with van der Waals surface area (Å²) in [4.78, 5) is 15.6. The molecular formula is C25H35F3N6O. The average Bonchev–Trinajstić information content (AvgIpc) is 2.86. The van der Waals surface area contributed by atoms with Gasteiger partial charge in [0, 0.05) is 57.5 Å². The van der Waals surface area contributed by atoms with E-state index in [1.165, 1.54) is 0 Å². The number of anilines is 2. The van der Waals surface area contributed by atoms with E-state index in [-0.39, 0.29) is 31.5 Å². The van der Waals surface area contributed by atoms with Gasteiger partial charge in [0.2, 0.25) is 5.95 Å². The predicted molar refractivity (Wildman–Crippen MR) is 130 cm³/mol. The topological polar surface area (TPSA) is 86.2 Å². The molecule has 0 aromatic carbocycles. The van der Waals surface area contributed by atoms with Crippen molar-refractivity contribution in [3.05, 3.63) is 30.1 Å². The summed E-state index contributed by atoms with van der Waals surface area (Å²) in [5, 5.41) is 16.3. The fourth-order valence-corrected chi connectivity index (χ4v) is 4.50. The van der Waals surface area contributed by atoms with Gasteiger partial charge >= 0.3 is 0 Å². The second kappa shape index (κ2) is 11.5. The smallest absolute Gasteiger partial charge is 0.250 e. The Morgan fingerprint density at radius 1 is 1.11 bits per heavy atom. The third kappa shape index (κ3) is 7.27. The molecule has 2 aromatic rings. The van der Waals surface area contributed by atoms with Crippen molar-refractivity contribution in [1.82, 2.24) is 19.9 Å². The van der Waals surface area contributed by atoms with E-state index in [0.29, 0.717) is 43.5 Å². The van der Waals surface area contributed by atoms with Crippen LogP contribution in [0.2, 0.25) is 0 Å². The molecule has 0 amide bonds. The van der Waals surface area contributed by atoms with Crippen LogP contribution in [0.1, 0.15) is 57.4 Å². The molecule has 10 heteroatoms. The molecule has 1 atom stereocenters. The fraction of sp³-hybridized carbons (Fsp3) is 0.640. The first-order chi connectivity index (χ1) is 16.8. The molecule has 0 bridgehead atoms. The molecule has 192 valence electrons. The Balaban J connectivity index is 1.48. The lowest BCUT2D eigenvalue weighted by molar-refractivity contribution is -0.0566. The number of nitrogens with zero attached hydrogens (tertiary/aromatic N) is 4. The molecule has 3 heterocycles. The van der Waals surface area contributed by atoms with Crippen molar-refractivity contribution in [2.75, 3.05) is 30.3 Å². The lowest BCUT2D eigenvalue weighted by atomic mass is 9.93. The highest BCUT2D eigenvalue weighted by Gasteiger charge is 2.33. The van der Waals surface area contributed by atoms with Crippen LogP contribution in [-0.4, -0.2) is 68.8 Å². The van der Waals surface area contributed by atoms with E-state index in [1.807, 2.05) is 17.0 Å². The first-order valence-electron chi connectivity index (χ1n) is 12.6. The maximum atomic E-state index is 13.7. The number of alkyl halides is 3. The maximum absolute atomic E-state index is 13.7. The quantitative estimate of drug-likeness (QED) is 0.470. The van der Waals surface area contributed by atoms with Gasteiger partial charge in [-0.15, -0.1) is 0 Å². The largest absolute Gasteiger partial charge is 0.393 e. The van der Waals surface area contributed by atoms with Crippen molar-refractivity contribution in [2.24, 2.45) is 0 Å². The lowest BCUT2D eigenvalue weighted by Gasteiger charge is -2.31. The molecule has 7 nitrogen and oxygen atoms in total. The van der Waals surface area contributed by atoms with Crippen LogP contribution in [0.3, 0.4) is 0 Å². The number of halogens is 3. The molecule has 1 saturated carbocycles. The number of hydrogen-bond donors (Lipinski definition) is 3. The number of pyridine rings is 1. The molecule has 2 aliphatic rings. The Kier molecular flexibility index (Phi) is 8.43. The number of aliphatic hydroxyl groups excluding tert-OH is 1. The highest BCUT2D eigenvalue weighted by Crippen LogP contribution is 2.30. The lowest BCUT2D eigenvalue weighted by Crippen LogP contribution is -2.38. The van der Waals surface area contributed by atoms with Crippen LogP contribution < -0.4 is 10.6 Å². The molecule has 0 radical (unpaired) electrons. The number of likely N-dealkylation sites (tertiary alicyclic amines) is 1. The van der Waals surface area contributed by atoms with E-state index in [0.717, 1.165) is 36.8 Å². The first-order valence-corrected chi connectivity index (χ1v) is 12.6. The van der Waals surface area contributed by atoms with Crippen LogP contribution in [0.4, 0.5) is 24.9 Å². The minimum absolute atomic E-state index is 0.106. The molecular weight excluding hydrogens is 457 g/mol. The molecule has 2 aromatic heterocycles. The maximum Gasteiger partial charge on any atom is 0.250 e. The van der Waals surface area contributed by atoms with E-state index in [4.69, 9.17) is 0 Å². The van der Waals surface area contributed by atoms with Crippen LogP contribution >= 0.6 is 0 Å². The van der Waals surface area contributed by atoms with Crippen molar-refractivity contribution in [1.29, 1.82) is 0 Å². The SMILES string of the molecule is CC[C@H](F)CNc1ncc(-c2ccc(CN3CCC(F)(F)CC3)cn2)c(N[C@H]2CC[C@H](O)CC2)n1. The van der Waals surface area contributed by atoms with E-state index in [2.05, 4.69) is 25.6 Å². The fourth-order valence-electron chi connectivity index (χ4n) is 4.50. The Bertz CT molecular complexity index is 943. The average molecular weight is 493 g/mol. The molecule has 1 aliphatic heterocycles. The number of aromatic nitrogens is 3. The van der Waals surface area contributed by atoms with Gasteiger partial charge in [0.25, 0.3) is 5.92 Å². The molecule has 4 rings (SSSR count). The minimum atomic E-state index is -2.55. The third-order valence-corrected chi connectivity index (χ3v) is 6.85. The normalized spacial score (nSPS) is 23.6. The highest BCUT2D eigenvalue weighted by atomic mass is 19.3. The van der Waals surface area contributed by atoms with Gasteiger partial charge in [-0.1, -0.05) is 13.0 Å². The van der Waals surface area contributed by atoms with Gasteiger partial charge in [0.05, 0.1) is 17.4 Å². The van der Waals surface area contributed by atoms with E-state index >= 15 is 0 Å². The summed E-state index contributed by atoms with van der Waals surface area (Å²) >= 11 is 0. The molecule has 1 saturated heterocycles. The zero-order valence-corrected chi connectivity index (χ0v) is 20.2. The summed E-state index contributed by atoms with van der Waals surface area (Å²) in [6.45, 7) is 3.26. The zero-order chi connectivity index (χ0) is 24.8. The highest BCUT2D eigenvalue weighted by molar-refractivity contribution is 5.73. The van der Waals surface area contributed by atoms with Crippen molar-refractivity contribution in [3.8, 4) is 11.3 Å². The van der Waals surface area contributed by atoms with Crippen LogP contribution in [-0.2, 0) is 6.54 Å². The van der Waals surface area contributed by atoms with Crippen molar-refractivity contribution < 1.29 is 18.3 Å². The number of hydrogen-bond acceptors (Lipinski definition) is 7. The van der Waals surface area contributed by atoms with Crippen molar-refractivity contribution in [3.63, 3.8) is 0 Å². The van der Waals surface area contributed by atoms with Gasteiger partial charge in [0.1, 0.15) is 12.0 Å². The first kappa shape index (κ1) is 25.6. The van der Waals surface area contributed by atoms with Gasteiger partial charge in [0.15, 0.2) is 0 Å². The molecule has 1 aliphatic carbocycles. The van der Waals surface area contributed by atoms with E-state index in [9.17, 15) is 18.3 Å². The van der Waals surface area contributed by atoms with Crippen LogP contribution in [0.25, 0.3) is 11.3 Å². The molecule has 3 N–H and O–H groups in total. The number of nitrogens with one attached hydrogen (secondary N) is 2. The Morgan fingerprint density at radius 2 is 1.86 bits per heavy atom. The molecule has 2 fully saturated rings. The summed E-state index contributed by atoms with van der Waals surface area (Å²) in [7, 11) is 0. The monoisotopic (exact) mass is 492 g/mol. The van der Waals surface area contributed by atoms with E-state index < -0.39 is 12.1 Å². The van der Waals surface area contributed by atoms with Gasteiger partial charge in [-0.05, 0) is 43.7 Å². The van der Waals surface area contributed by atoms with Crippen molar-refractivity contribution >= 4 is 11.8 Å². The molecule has 0 unspecified atom stereocenters. The zero-order valence-electron chi connectivity index (χ0n) is 20.2. The van der Waals surface area contributed by atoms with Gasteiger partial charge in [-0.25, -0.2) is 18.2 Å². The Labute approximate surface area is 204 Å². The van der Waals surface area contributed by atoms with Crippen LogP contribution in [0.15, 0.2) is 24.5 Å². The second-order valence-electron chi connectivity index (χ2n) is 9.68. The Morgan fingerprint density at radius 3 is 2.51 bits per heavy atom. The van der Waals surface area contributed by atoms with Crippen molar-refractivity contribution in [2.45, 2.75) is 82.7 Å². The molecule has 0 spiro atoms. The molecule has 35 heavy (non-hydrogen) atoms. The summed E-state index contributed by atoms with van der Waals surface area (Å²) < 4.78 is 40.6. The Hall–Kier alpha value is -2.46. The van der Waals surface area contributed by atoms with Gasteiger partial charge in [-0.2, -0.15) is 4.98 Å². The summed E-state index contributed by atoms with van der Waals surface area (Å²) in [6.07, 6.45) is 5.55. The van der Waals surface area contributed by atoms with Gasteiger partial charge < -0.3 is 15.7 Å². The van der Waals surface area contributed by atoms with E-state index in [1.54, 1.807) is 19.3 Å². The number of rotatable bonds is 9. The van der Waals surface area contributed by atoms with Gasteiger partial charge in [-0.3, -0.25) is 9.88 Å². The van der Waals surface area contributed by atoms with Crippen LogP contribution in [0, 0.1) is 0 Å². The minimum Gasteiger partial charge on any atom is -0.393 e. The second-order valence-corrected chi connectivity index (χ2v) is 9.68. The number of piperidine rings is 1.